The van der Waals surface area contributed by atoms with Crippen LogP contribution in [0, 0.1) is 6.92 Å². The van der Waals surface area contributed by atoms with Gasteiger partial charge < -0.3 is 20.5 Å². The van der Waals surface area contributed by atoms with Crippen LogP contribution in [0.1, 0.15) is 15.9 Å². The molecule has 0 saturated heterocycles. The van der Waals surface area contributed by atoms with Crippen LogP contribution in [-0.4, -0.2) is 23.3 Å². The smallest absolute Gasteiger partial charge is 0.335 e. The maximum atomic E-state index is 11.0. The van der Waals surface area contributed by atoms with Gasteiger partial charge in [0.05, 0.1) is 18.4 Å². The Morgan fingerprint density at radius 2 is 1.82 bits per heavy atom. The fourth-order valence-corrected chi connectivity index (χ4v) is 2.13. The number of hydrogen-bond acceptors (Lipinski definition) is 3. The number of anilines is 2. The summed E-state index contributed by atoms with van der Waals surface area (Å²) in [5.41, 5.74) is 2.48. The number of rotatable bonds is 4. The van der Waals surface area contributed by atoms with Crippen LogP contribution in [0.3, 0.4) is 0 Å². The highest BCUT2D eigenvalue weighted by atomic mass is 32.1. The maximum Gasteiger partial charge on any atom is 0.335 e. The Hall–Kier alpha value is -2.60. The molecule has 2 aromatic carbocycles. The molecule has 0 radical (unpaired) electrons. The van der Waals surface area contributed by atoms with Crippen molar-refractivity contribution >= 4 is 34.7 Å². The second kappa shape index (κ2) is 6.91. The molecule has 2 rings (SSSR count). The lowest BCUT2D eigenvalue weighted by Crippen LogP contribution is -2.20. The van der Waals surface area contributed by atoms with E-state index in [2.05, 4.69) is 10.6 Å². The first kappa shape index (κ1) is 15.8. The number of hydrogen-bond donors (Lipinski definition) is 3. The summed E-state index contributed by atoms with van der Waals surface area (Å²) in [6.07, 6.45) is 0. The summed E-state index contributed by atoms with van der Waals surface area (Å²) in [7, 11) is 1.58. The van der Waals surface area contributed by atoms with Crippen LogP contribution < -0.4 is 15.4 Å². The number of para-hydroxylation sites is 2. The van der Waals surface area contributed by atoms with E-state index >= 15 is 0 Å². The molecule has 0 heterocycles. The fourth-order valence-electron chi connectivity index (χ4n) is 1.91. The molecule has 0 aliphatic carbocycles. The zero-order valence-electron chi connectivity index (χ0n) is 12.2. The van der Waals surface area contributed by atoms with Crippen molar-refractivity contribution in [3.05, 3.63) is 53.6 Å². The quantitative estimate of drug-likeness (QED) is 0.750. The van der Waals surface area contributed by atoms with Gasteiger partial charge in [-0.3, -0.25) is 0 Å². The molecule has 0 amide bonds. The van der Waals surface area contributed by atoms with E-state index < -0.39 is 5.97 Å². The first-order valence-electron chi connectivity index (χ1n) is 6.56. The number of carboxylic acid groups (broad SMARTS) is 1. The third-order valence-corrected chi connectivity index (χ3v) is 3.29. The number of carbonyl (C=O) groups is 1. The van der Waals surface area contributed by atoms with E-state index in [4.69, 9.17) is 22.1 Å². The van der Waals surface area contributed by atoms with Gasteiger partial charge in [-0.25, -0.2) is 4.79 Å². The van der Waals surface area contributed by atoms with Crippen molar-refractivity contribution in [2.24, 2.45) is 0 Å². The van der Waals surface area contributed by atoms with E-state index in [1.54, 1.807) is 25.3 Å². The minimum atomic E-state index is -0.980. The van der Waals surface area contributed by atoms with Crippen molar-refractivity contribution in [2.75, 3.05) is 17.7 Å². The average molecular weight is 316 g/mol. The number of methoxy groups -OCH3 is 1. The van der Waals surface area contributed by atoms with Gasteiger partial charge in [0.2, 0.25) is 0 Å². The number of aromatic carboxylic acids is 1. The molecule has 2 aromatic rings. The van der Waals surface area contributed by atoms with Crippen molar-refractivity contribution in [1.82, 2.24) is 0 Å². The number of carboxylic acids is 1. The van der Waals surface area contributed by atoms with Crippen LogP contribution >= 0.6 is 12.2 Å². The first-order valence-corrected chi connectivity index (χ1v) is 6.97. The van der Waals surface area contributed by atoms with Gasteiger partial charge in [-0.15, -0.1) is 0 Å². The lowest BCUT2D eigenvalue weighted by atomic mass is 10.1. The molecule has 0 unspecified atom stereocenters. The number of nitrogens with one attached hydrogen (secondary N) is 2. The van der Waals surface area contributed by atoms with Gasteiger partial charge in [0.1, 0.15) is 5.75 Å². The molecule has 3 N–H and O–H groups in total. The van der Waals surface area contributed by atoms with Crippen LogP contribution in [0.25, 0.3) is 0 Å². The van der Waals surface area contributed by atoms with Crippen molar-refractivity contribution in [2.45, 2.75) is 6.92 Å². The van der Waals surface area contributed by atoms with E-state index in [1.807, 2.05) is 31.2 Å². The predicted molar refractivity (Wildman–Crippen MR) is 91.0 cm³/mol. The second-order valence-corrected chi connectivity index (χ2v) is 5.02. The SMILES string of the molecule is COc1ccccc1NC(=S)Nc1cc(C(=O)O)ccc1C. The van der Waals surface area contributed by atoms with Crippen LogP contribution in [0.4, 0.5) is 11.4 Å². The molecule has 5 nitrogen and oxygen atoms in total. The van der Waals surface area contributed by atoms with Crippen LogP contribution in [0.5, 0.6) is 5.75 Å². The van der Waals surface area contributed by atoms with Gasteiger partial charge in [-0.2, -0.15) is 0 Å². The Labute approximate surface area is 133 Å². The topological polar surface area (TPSA) is 70.6 Å². The summed E-state index contributed by atoms with van der Waals surface area (Å²) < 4.78 is 5.24. The minimum absolute atomic E-state index is 0.202. The Morgan fingerprint density at radius 3 is 2.50 bits per heavy atom. The fraction of sp³-hybridized carbons (Fsp3) is 0.125. The molecule has 0 aliphatic rings. The summed E-state index contributed by atoms with van der Waals surface area (Å²) in [5, 5.41) is 15.4. The van der Waals surface area contributed by atoms with E-state index in [9.17, 15) is 4.79 Å². The normalized spacial score (nSPS) is 9.91. The monoisotopic (exact) mass is 316 g/mol. The molecular weight excluding hydrogens is 300 g/mol. The Kier molecular flexibility index (Phi) is 4.95. The van der Waals surface area contributed by atoms with E-state index in [0.29, 0.717) is 16.5 Å². The van der Waals surface area contributed by atoms with E-state index in [-0.39, 0.29) is 5.56 Å². The summed E-state index contributed by atoms with van der Waals surface area (Å²) in [6, 6.07) is 12.2. The van der Waals surface area contributed by atoms with Crippen LogP contribution in [0.15, 0.2) is 42.5 Å². The lowest BCUT2D eigenvalue weighted by Gasteiger charge is -2.15. The Morgan fingerprint density at radius 1 is 1.14 bits per heavy atom. The molecule has 0 atom stereocenters. The van der Waals surface area contributed by atoms with E-state index in [1.165, 1.54) is 0 Å². The predicted octanol–water partition coefficient (Wildman–Crippen LogP) is 3.51. The molecule has 0 fully saturated rings. The Bertz CT molecular complexity index is 716. The highest BCUT2D eigenvalue weighted by Crippen LogP contribution is 2.24. The highest BCUT2D eigenvalue weighted by molar-refractivity contribution is 7.80. The molecule has 6 heteroatoms. The molecule has 22 heavy (non-hydrogen) atoms. The number of aryl methyl sites for hydroxylation is 1. The molecule has 0 bridgehead atoms. The maximum absolute atomic E-state index is 11.0. The second-order valence-electron chi connectivity index (χ2n) is 4.61. The first-order chi connectivity index (χ1) is 10.5. The molecule has 0 aromatic heterocycles. The third kappa shape index (κ3) is 3.73. The summed E-state index contributed by atoms with van der Waals surface area (Å²) in [5.74, 6) is -0.311. The van der Waals surface area contributed by atoms with Gasteiger partial charge in [0, 0.05) is 5.69 Å². The molecule has 0 saturated carbocycles. The molecule has 0 spiro atoms. The zero-order chi connectivity index (χ0) is 16.1. The van der Waals surface area contributed by atoms with Crippen molar-refractivity contribution < 1.29 is 14.6 Å². The number of thiocarbonyl (C=S) groups is 1. The summed E-state index contributed by atoms with van der Waals surface area (Å²) >= 11 is 5.27. The molecular formula is C16H16N2O3S. The lowest BCUT2D eigenvalue weighted by molar-refractivity contribution is 0.0697. The van der Waals surface area contributed by atoms with Crippen LogP contribution in [0.2, 0.25) is 0 Å². The number of benzene rings is 2. The van der Waals surface area contributed by atoms with Crippen LogP contribution in [-0.2, 0) is 0 Å². The average Bonchev–Trinajstić information content (AvgIpc) is 2.49. The molecule has 0 aliphatic heterocycles. The Balaban J connectivity index is 2.15. The molecule has 114 valence electrons. The highest BCUT2D eigenvalue weighted by Gasteiger charge is 2.09. The third-order valence-electron chi connectivity index (χ3n) is 3.09. The minimum Gasteiger partial charge on any atom is -0.495 e. The number of ether oxygens (including phenoxy) is 1. The van der Waals surface area contributed by atoms with Gasteiger partial charge in [-0.05, 0) is 49.0 Å². The largest absolute Gasteiger partial charge is 0.495 e. The van der Waals surface area contributed by atoms with Crippen molar-refractivity contribution in [3.63, 3.8) is 0 Å². The van der Waals surface area contributed by atoms with Gasteiger partial charge in [-0.1, -0.05) is 18.2 Å². The van der Waals surface area contributed by atoms with Crippen molar-refractivity contribution in [1.29, 1.82) is 0 Å². The van der Waals surface area contributed by atoms with Gasteiger partial charge in [0.25, 0.3) is 0 Å². The van der Waals surface area contributed by atoms with E-state index in [0.717, 1.165) is 11.3 Å². The zero-order valence-corrected chi connectivity index (χ0v) is 13.0. The standard InChI is InChI=1S/C16H16N2O3S/c1-10-7-8-11(15(19)20)9-13(10)18-16(22)17-12-5-3-4-6-14(12)21-2/h3-9H,1-2H3,(H,19,20)(H2,17,18,22). The van der Waals surface area contributed by atoms with Gasteiger partial charge >= 0.3 is 5.97 Å². The van der Waals surface area contributed by atoms with Gasteiger partial charge in [0.15, 0.2) is 5.11 Å². The van der Waals surface area contributed by atoms with Crippen molar-refractivity contribution in [3.8, 4) is 5.75 Å². The summed E-state index contributed by atoms with van der Waals surface area (Å²) in [6.45, 7) is 1.87. The summed E-state index contributed by atoms with van der Waals surface area (Å²) in [4.78, 5) is 11.0.